The summed E-state index contributed by atoms with van der Waals surface area (Å²) in [5.74, 6) is 4.44. The van der Waals surface area contributed by atoms with Crippen LogP contribution in [0, 0.1) is 0 Å². The molecule has 16 heavy (non-hydrogen) atoms. The molecule has 0 aromatic rings. The molecule has 1 amide bonds. The van der Waals surface area contributed by atoms with E-state index in [4.69, 9.17) is 0 Å². The highest BCUT2D eigenvalue weighted by Crippen LogP contribution is 2.09. The Morgan fingerprint density at radius 3 is 2.88 bits per heavy atom. The molecule has 1 unspecified atom stereocenters. The van der Waals surface area contributed by atoms with Gasteiger partial charge in [-0.1, -0.05) is 0 Å². The molecule has 2 N–H and O–H groups in total. The van der Waals surface area contributed by atoms with Crippen LogP contribution in [0.2, 0.25) is 0 Å². The SMILES string of the molecule is O=C(NCCN1CCSCC1)C1CSCN1. The van der Waals surface area contributed by atoms with E-state index < -0.39 is 0 Å². The predicted octanol–water partition coefficient (Wildman–Crippen LogP) is -0.186. The molecule has 0 aromatic carbocycles. The Morgan fingerprint density at radius 1 is 1.38 bits per heavy atom. The van der Waals surface area contributed by atoms with Gasteiger partial charge in [0.05, 0.1) is 6.04 Å². The number of carbonyl (C=O) groups is 1. The first-order chi connectivity index (χ1) is 7.86. The standard InChI is InChI=1S/C10H19N3OS2/c14-10(9-7-16-8-12-9)11-1-2-13-3-5-15-6-4-13/h9,12H,1-8H2,(H,11,14). The van der Waals surface area contributed by atoms with Crippen LogP contribution in [0.25, 0.3) is 0 Å². The van der Waals surface area contributed by atoms with Gasteiger partial charge >= 0.3 is 0 Å². The molecule has 0 aliphatic carbocycles. The number of hydrogen-bond acceptors (Lipinski definition) is 5. The zero-order valence-electron chi connectivity index (χ0n) is 9.41. The lowest BCUT2D eigenvalue weighted by molar-refractivity contribution is -0.122. The summed E-state index contributed by atoms with van der Waals surface area (Å²) in [7, 11) is 0. The van der Waals surface area contributed by atoms with Gasteiger partial charge in [-0.3, -0.25) is 15.0 Å². The lowest BCUT2D eigenvalue weighted by Crippen LogP contribution is -2.45. The Bertz CT molecular complexity index is 228. The van der Waals surface area contributed by atoms with Crippen molar-refractivity contribution in [3.63, 3.8) is 0 Å². The lowest BCUT2D eigenvalue weighted by atomic mass is 10.3. The highest BCUT2D eigenvalue weighted by molar-refractivity contribution is 7.99. The van der Waals surface area contributed by atoms with Crippen LogP contribution in [0.15, 0.2) is 0 Å². The Balaban J connectivity index is 1.57. The van der Waals surface area contributed by atoms with E-state index in [1.165, 1.54) is 11.5 Å². The smallest absolute Gasteiger partial charge is 0.238 e. The maximum Gasteiger partial charge on any atom is 0.238 e. The highest BCUT2D eigenvalue weighted by Gasteiger charge is 2.22. The fourth-order valence-corrected chi connectivity index (χ4v) is 3.77. The molecule has 0 saturated carbocycles. The van der Waals surface area contributed by atoms with Crippen LogP contribution in [0.1, 0.15) is 0 Å². The minimum atomic E-state index is 0.0295. The van der Waals surface area contributed by atoms with E-state index in [1.54, 1.807) is 11.8 Å². The summed E-state index contributed by atoms with van der Waals surface area (Å²) in [6, 6.07) is 0.0295. The molecule has 6 heteroatoms. The van der Waals surface area contributed by atoms with Crippen LogP contribution in [0.5, 0.6) is 0 Å². The van der Waals surface area contributed by atoms with Crippen LogP contribution in [0.4, 0.5) is 0 Å². The van der Waals surface area contributed by atoms with E-state index in [0.29, 0.717) is 0 Å². The minimum absolute atomic E-state index is 0.0295. The van der Waals surface area contributed by atoms with Crippen LogP contribution >= 0.6 is 23.5 Å². The Labute approximate surface area is 105 Å². The molecule has 92 valence electrons. The number of rotatable bonds is 4. The minimum Gasteiger partial charge on any atom is -0.353 e. The Kier molecular flexibility index (Phi) is 5.28. The molecule has 2 aliphatic rings. The van der Waals surface area contributed by atoms with Gasteiger partial charge in [0.2, 0.25) is 5.91 Å². The molecule has 0 aromatic heterocycles. The third-order valence-corrected chi connectivity index (χ3v) is 4.75. The van der Waals surface area contributed by atoms with Crippen molar-refractivity contribution in [1.29, 1.82) is 0 Å². The van der Waals surface area contributed by atoms with Gasteiger partial charge < -0.3 is 5.32 Å². The molecule has 2 fully saturated rings. The van der Waals surface area contributed by atoms with Gasteiger partial charge in [0.15, 0.2) is 0 Å². The molecular formula is C10H19N3OS2. The van der Waals surface area contributed by atoms with Crippen molar-refractivity contribution in [3.8, 4) is 0 Å². The van der Waals surface area contributed by atoms with Crippen LogP contribution in [0.3, 0.4) is 0 Å². The quantitative estimate of drug-likeness (QED) is 0.735. The normalized spacial score (nSPS) is 26.9. The van der Waals surface area contributed by atoms with Crippen molar-refractivity contribution in [2.75, 3.05) is 49.3 Å². The Hall–Kier alpha value is 0.0900. The van der Waals surface area contributed by atoms with Crippen molar-refractivity contribution >= 4 is 29.4 Å². The molecule has 4 nitrogen and oxygen atoms in total. The van der Waals surface area contributed by atoms with Crippen molar-refractivity contribution in [2.24, 2.45) is 0 Å². The van der Waals surface area contributed by atoms with Crippen LogP contribution < -0.4 is 10.6 Å². The Morgan fingerprint density at radius 2 is 2.19 bits per heavy atom. The molecule has 2 rings (SSSR count). The van der Waals surface area contributed by atoms with Crippen molar-refractivity contribution < 1.29 is 4.79 Å². The molecule has 2 saturated heterocycles. The molecule has 1 atom stereocenters. The number of nitrogens with one attached hydrogen (secondary N) is 2. The fourth-order valence-electron chi connectivity index (χ4n) is 1.85. The van der Waals surface area contributed by atoms with E-state index in [1.807, 2.05) is 11.8 Å². The number of carbonyl (C=O) groups excluding carboxylic acids is 1. The third kappa shape index (κ3) is 3.84. The largest absolute Gasteiger partial charge is 0.353 e. The van der Waals surface area contributed by atoms with Gasteiger partial charge in [0.25, 0.3) is 0 Å². The van der Waals surface area contributed by atoms with E-state index in [-0.39, 0.29) is 11.9 Å². The number of amides is 1. The van der Waals surface area contributed by atoms with E-state index in [9.17, 15) is 4.79 Å². The summed E-state index contributed by atoms with van der Waals surface area (Å²) >= 11 is 3.80. The van der Waals surface area contributed by atoms with Gasteiger partial charge in [0.1, 0.15) is 0 Å². The number of nitrogens with zero attached hydrogens (tertiary/aromatic N) is 1. The van der Waals surface area contributed by atoms with Gasteiger partial charge in [-0.05, 0) is 0 Å². The maximum atomic E-state index is 11.7. The third-order valence-electron chi connectivity index (χ3n) is 2.86. The summed E-state index contributed by atoms with van der Waals surface area (Å²) in [4.78, 5) is 14.1. The van der Waals surface area contributed by atoms with Crippen molar-refractivity contribution in [1.82, 2.24) is 15.5 Å². The topological polar surface area (TPSA) is 44.4 Å². The predicted molar refractivity (Wildman–Crippen MR) is 71.0 cm³/mol. The highest BCUT2D eigenvalue weighted by atomic mass is 32.2. The van der Waals surface area contributed by atoms with Gasteiger partial charge in [-0.2, -0.15) is 11.8 Å². The average molecular weight is 261 g/mol. The lowest BCUT2D eigenvalue weighted by Gasteiger charge is -2.26. The zero-order chi connectivity index (χ0) is 11.2. The summed E-state index contributed by atoms with van der Waals surface area (Å²) in [6.07, 6.45) is 0. The first-order valence-electron chi connectivity index (χ1n) is 5.75. The van der Waals surface area contributed by atoms with Crippen LogP contribution in [-0.4, -0.2) is 66.2 Å². The molecule has 0 radical (unpaired) electrons. The second kappa shape index (κ2) is 6.74. The van der Waals surface area contributed by atoms with Gasteiger partial charge in [-0.15, -0.1) is 11.8 Å². The second-order valence-electron chi connectivity index (χ2n) is 4.02. The number of hydrogen-bond donors (Lipinski definition) is 2. The monoisotopic (exact) mass is 261 g/mol. The molecular weight excluding hydrogens is 242 g/mol. The van der Waals surface area contributed by atoms with Crippen LogP contribution in [-0.2, 0) is 4.79 Å². The van der Waals surface area contributed by atoms with Crippen molar-refractivity contribution in [2.45, 2.75) is 6.04 Å². The maximum absolute atomic E-state index is 11.7. The van der Waals surface area contributed by atoms with Gasteiger partial charge in [0, 0.05) is 49.3 Å². The van der Waals surface area contributed by atoms with E-state index >= 15 is 0 Å². The van der Waals surface area contributed by atoms with Gasteiger partial charge in [-0.25, -0.2) is 0 Å². The molecule has 2 aliphatic heterocycles. The summed E-state index contributed by atoms with van der Waals surface area (Å²) < 4.78 is 0. The van der Waals surface area contributed by atoms with Crippen molar-refractivity contribution in [3.05, 3.63) is 0 Å². The summed E-state index contributed by atoms with van der Waals surface area (Å²) in [5.41, 5.74) is 0. The van der Waals surface area contributed by atoms with E-state index in [0.717, 1.165) is 37.8 Å². The summed E-state index contributed by atoms with van der Waals surface area (Å²) in [5, 5.41) is 6.19. The average Bonchev–Trinajstić information content (AvgIpc) is 2.84. The summed E-state index contributed by atoms with van der Waals surface area (Å²) in [6.45, 7) is 4.11. The zero-order valence-corrected chi connectivity index (χ0v) is 11.0. The van der Waals surface area contributed by atoms with E-state index in [2.05, 4.69) is 15.5 Å². The second-order valence-corrected chi connectivity index (χ2v) is 6.27. The molecule has 0 bridgehead atoms. The first kappa shape index (κ1) is 12.5. The number of thioether (sulfide) groups is 2. The fraction of sp³-hybridized carbons (Fsp3) is 0.900. The first-order valence-corrected chi connectivity index (χ1v) is 8.06. The molecule has 0 spiro atoms. The molecule has 2 heterocycles.